The van der Waals surface area contributed by atoms with Gasteiger partial charge in [-0.3, -0.25) is 4.90 Å². The molecule has 0 aromatic heterocycles. The number of carbonyl (C=O) groups is 1. The van der Waals surface area contributed by atoms with Crippen LogP contribution in [0, 0.1) is 0 Å². The number of piperidine rings is 1. The average Bonchev–Trinajstić information content (AvgIpc) is 2.05. The van der Waals surface area contributed by atoms with Crippen LogP contribution in [-0.2, 0) is 4.79 Å². The quantitative estimate of drug-likeness (QED) is 0.575. The highest BCUT2D eigenvalue weighted by Crippen LogP contribution is 2.11. The number of aliphatic hydroxyl groups is 1. The van der Waals surface area contributed by atoms with Crippen LogP contribution in [0.3, 0.4) is 0 Å². The minimum atomic E-state index is -0.148. The van der Waals surface area contributed by atoms with Crippen molar-refractivity contribution >= 4 is 6.29 Å². The zero-order chi connectivity index (χ0) is 8.27. The number of hydrogen-bond acceptors (Lipinski definition) is 3. The Bertz CT molecular complexity index is 130. The second-order valence-electron chi connectivity index (χ2n) is 3.14. The molecule has 1 aliphatic rings. The van der Waals surface area contributed by atoms with Gasteiger partial charge in [-0.25, -0.2) is 0 Å². The topological polar surface area (TPSA) is 40.5 Å². The summed E-state index contributed by atoms with van der Waals surface area (Å²) in [5, 5.41) is 9.17. The van der Waals surface area contributed by atoms with E-state index in [2.05, 4.69) is 4.90 Å². The van der Waals surface area contributed by atoms with Crippen molar-refractivity contribution in [2.75, 3.05) is 13.1 Å². The minimum absolute atomic E-state index is 0.0162. The summed E-state index contributed by atoms with van der Waals surface area (Å²) in [6, 6.07) is 0.0162. The van der Waals surface area contributed by atoms with Crippen LogP contribution in [0.25, 0.3) is 0 Å². The number of aliphatic hydroxyl groups excluding tert-OH is 1. The number of nitrogens with zero attached hydrogens (tertiary/aromatic N) is 1. The summed E-state index contributed by atoms with van der Waals surface area (Å²) in [5.41, 5.74) is 0. The standard InChI is InChI=1S/C8H15NO2/c1-7(6-10)9-4-2-8(11)3-5-9/h6-8,11H,2-5H2,1H3. The fourth-order valence-electron chi connectivity index (χ4n) is 1.38. The van der Waals surface area contributed by atoms with Gasteiger partial charge in [-0.15, -0.1) is 0 Å². The molecule has 0 amide bonds. The summed E-state index contributed by atoms with van der Waals surface area (Å²) in [6.07, 6.45) is 2.42. The average molecular weight is 157 g/mol. The van der Waals surface area contributed by atoms with Gasteiger partial charge in [-0.1, -0.05) is 0 Å². The van der Waals surface area contributed by atoms with E-state index in [9.17, 15) is 4.79 Å². The summed E-state index contributed by atoms with van der Waals surface area (Å²) in [6.45, 7) is 3.59. The van der Waals surface area contributed by atoms with E-state index in [1.165, 1.54) is 0 Å². The lowest BCUT2D eigenvalue weighted by Crippen LogP contribution is -2.42. The van der Waals surface area contributed by atoms with Gasteiger partial charge in [0, 0.05) is 13.1 Å². The molecule has 1 aliphatic heterocycles. The third kappa shape index (κ3) is 2.27. The number of hydrogen-bond donors (Lipinski definition) is 1. The molecular weight excluding hydrogens is 142 g/mol. The Hall–Kier alpha value is -0.410. The third-order valence-electron chi connectivity index (χ3n) is 2.27. The molecule has 1 saturated heterocycles. The van der Waals surface area contributed by atoms with Crippen molar-refractivity contribution in [3.8, 4) is 0 Å². The monoisotopic (exact) mass is 157 g/mol. The van der Waals surface area contributed by atoms with Crippen molar-refractivity contribution < 1.29 is 9.90 Å². The van der Waals surface area contributed by atoms with Gasteiger partial charge in [0.1, 0.15) is 6.29 Å². The van der Waals surface area contributed by atoms with Crippen LogP contribution in [0.2, 0.25) is 0 Å². The third-order valence-corrected chi connectivity index (χ3v) is 2.27. The van der Waals surface area contributed by atoms with E-state index in [0.717, 1.165) is 32.2 Å². The van der Waals surface area contributed by atoms with Gasteiger partial charge in [-0.05, 0) is 19.8 Å². The number of carbonyl (C=O) groups excluding carboxylic acids is 1. The molecule has 1 heterocycles. The van der Waals surface area contributed by atoms with Crippen molar-refractivity contribution in [2.24, 2.45) is 0 Å². The number of rotatable bonds is 2. The predicted molar refractivity (Wildman–Crippen MR) is 42.3 cm³/mol. The Morgan fingerprint density at radius 2 is 2.09 bits per heavy atom. The fourth-order valence-corrected chi connectivity index (χ4v) is 1.38. The highest BCUT2D eigenvalue weighted by Gasteiger charge is 2.20. The molecule has 11 heavy (non-hydrogen) atoms. The summed E-state index contributed by atoms with van der Waals surface area (Å²) >= 11 is 0. The number of likely N-dealkylation sites (tertiary alicyclic amines) is 1. The van der Waals surface area contributed by atoms with Crippen LogP contribution in [0.15, 0.2) is 0 Å². The van der Waals surface area contributed by atoms with Gasteiger partial charge in [0.05, 0.1) is 12.1 Å². The largest absolute Gasteiger partial charge is 0.393 e. The van der Waals surface area contributed by atoms with Crippen molar-refractivity contribution in [2.45, 2.75) is 31.9 Å². The predicted octanol–water partition coefficient (Wildman–Crippen LogP) is 0.0305. The van der Waals surface area contributed by atoms with Gasteiger partial charge in [0.15, 0.2) is 0 Å². The lowest BCUT2D eigenvalue weighted by Gasteiger charge is -2.31. The van der Waals surface area contributed by atoms with Gasteiger partial charge in [-0.2, -0.15) is 0 Å². The van der Waals surface area contributed by atoms with Gasteiger partial charge in [0.25, 0.3) is 0 Å². The molecule has 64 valence electrons. The summed E-state index contributed by atoms with van der Waals surface area (Å²) in [5.74, 6) is 0. The maximum Gasteiger partial charge on any atom is 0.136 e. The molecule has 0 saturated carbocycles. The molecule has 0 aliphatic carbocycles. The molecule has 1 atom stereocenters. The summed E-state index contributed by atoms with van der Waals surface area (Å²) in [7, 11) is 0. The molecule has 1 fully saturated rings. The summed E-state index contributed by atoms with van der Waals surface area (Å²) in [4.78, 5) is 12.5. The van der Waals surface area contributed by atoms with E-state index in [4.69, 9.17) is 5.11 Å². The van der Waals surface area contributed by atoms with Crippen molar-refractivity contribution in [3.05, 3.63) is 0 Å². The maximum absolute atomic E-state index is 10.4. The second-order valence-corrected chi connectivity index (χ2v) is 3.14. The minimum Gasteiger partial charge on any atom is -0.393 e. The Labute approximate surface area is 67.0 Å². The lowest BCUT2D eigenvalue weighted by molar-refractivity contribution is -0.112. The van der Waals surface area contributed by atoms with Gasteiger partial charge < -0.3 is 9.90 Å². The van der Waals surface area contributed by atoms with Crippen LogP contribution >= 0.6 is 0 Å². The van der Waals surface area contributed by atoms with Crippen molar-refractivity contribution in [1.29, 1.82) is 0 Å². The molecule has 1 unspecified atom stereocenters. The van der Waals surface area contributed by atoms with Gasteiger partial charge in [0.2, 0.25) is 0 Å². The van der Waals surface area contributed by atoms with Crippen molar-refractivity contribution in [3.63, 3.8) is 0 Å². The number of aldehydes is 1. The van der Waals surface area contributed by atoms with E-state index >= 15 is 0 Å². The maximum atomic E-state index is 10.4. The second kappa shape index (κ2) is 3.83. The highest BCUT2D eigenvalue weighted by atomic mass is 16.3. The first-order valence-electron chi connectivity index (χ1n) is 4.11. The fraction of sp³-hybridized carbons (Fsp3) is 0.875. The Morgan fingerprint density at radius 1 is 1.55 bits per heavy atom. The first-order chi connectivity index (χ1) is 5.24. The van der Waals surface area contributed by atoms with E-state index in [-0.39, 0.29) is 12.1 Å². The van der Waals surface area contributed by atoms with E-state index in [1.807, 2.05) is 6.92 Å². The lowest BCUT2D eigenvalue weighted by atomic mass is 10.1. The van der Waals surface area contributed by atoms with Crippen LogP contribution in [0.1, 0.15) is 19.8 Å². The molecule has 0 bridgehead atoms. The van der Waals surface area contributed by atoms with E-state index in [0.29, 0.717) is 0 Å². The molecule has 3 nitrogen and oxygen atoms in total. The van der Waals surface area contributed by atoms with Gasteiger partial charge >= 0.3 is 0 Å². The van der Waals surface area contributed by atoms with Crippen molar-refractivity contribution in [1.82, 2.24) is 4.90 Å². The first kappa shape index (κ1) is 8.68. The molecule has 1 rings (SSSR count). The summed E-state index contributed by atoms with van der Waals surface area (Å²) < 4.78 is 0. The van der Waals surface area contributed by atoms with Crippen LogP contribution in [-0.4, -0.2) is 41.5 Å². The van der Waals surface area contributed by atoms with E-state index < -0.39 is 0 Å². The zero-order valence-corrected chi connectivity index (χ0v) is 6.86. The molecule has 1 N–H and O–H groups in total. The molecule has 0 radical (unpaired) electrons. The molecular formula is C8H15NO2. The first-order valence-corrected chi connectivity index (χ1v) is 4.11. The van der Waals surface area contributed by atoms with Crippen LogP contribution in [0.5, 0.6) is 0 Å². The SMILES string of the molecule is CC(C=O)N1CCC(O)CC1. The zero-order valence-electron chi connectivity index (χ0n) is 6.86. The van der Waals surface area contributed by atoms with Crippen LogP contribution < -0.4 is 0 Å². The Balaban J connectivity index is 2.32. The molecule has 0 aromatic rings. The molecule has 0 spiro atoms. The highest BCUT2D eigenvalue weighted by molar-refractivity contribution is 5.56. The Kier molecular flexibility index (Phi) is 3.02. The normalized spacial score (nSPS) is 24.9. The molecule has 0 aromatic carbocycles. The Morgan fingerprint density at radius 3 is 2.55 bits per heavy atom. The molecule has 3 heteroatoms. The smallest absolute Gasteiger partial charge is 0.136 e. The van der Waals surface area contributed by atoms with Crippen LogP contribution in [0.4, 0.5) is 0 Å². The van der Waals surface area contributed by atoms with E-state index in [1.54, 1.807) is 0 Å².